The number of aliphatic carboxylic acids is 1. The van der Waals surface area contributed by atoms with Crippen molar-refractivity contribution in [1.82, 2.24) is 4.90 Å². The number of rotatable bonds is 4. The van der Waals surface area contributed by atoms with Crippen LogP contribution in [-0.4, -0.2) is 41.1 Å². The van der Waals surface area contributed by atoms with Crippen LogP contribution < -0.4 is 4.74 Å². The summed E-state index contributed by atoms with van der Waals surface area (Å²) in [5, 5.41) is 9.18. The standard InChI is InChI=1S/C15H18BrNO4/c1-10-5-6-13(11(16)8-10)21-9-14(18)17-7-3-2-4-12(17)15(19)20/h5-6,8,12H,2-4,7,9H2,1H3,(H,19,20). The van der Waals surface area contributed by atoms with Crippen LogP contribution in [0.4, 0.5) is 0 Å². The molecule has 6 heteroatoms. The summed E-state index contributed by atoms with van der Waals surface area (Å²) in [4.78, 5) is 24.8. The number of piperidine rings is 1. The lowest BCUT2D eigenvalue weighted by Gasteiger charge is -2.32. The minimum Gasteiger partial charge on any atom is -0.483 e. The van der Waals surface area contributed by atoms with E-state index in [0.29, 0.717) is 18.7 Å². The first-order valence-electron chi connectivity index (χ1n) is 6.90. The summed E-state index contributed by atoms with van der Waals surface area (Å²) < 4.78 is 6.29. The molecule has 0 bridgehead atoms. The van der Waals surface area contributed by atoms with Crippen molar-refractivity contribution in [3.05, 3.63) is 28.2 Å². The first-order valence-corrected chi connectivity index (χ1v) is 7.69. The molecule has 0 radical (unpaired) electrons. The average molecular weight is 356 g/mol. The number of aryl methyl sites for hydroxylation is 1. The normalized spacial score (nSPS) is 18.4. The Morgan fingerprint density at radius 2 is 2.19 bits per heavy atom. The van der Waals surface area contributed by atoms with Crippen LogP contribution in [0.25, 0.3) is 0 Å². The van der Waals surface area contributed by atoms with Gasteiger partial charge < -0.3 is 14.7 Å². The molecule has 1 aromatic rings. The first kappa shape index (κ1) is 15.8. The van der Waals surface area contributed by atoms with Crippen molar-refractivity contribution in [3.8, 4) is 5.75 Å². The number of carboxylic acids is 1. The van der Waals surface area contributed by atoms with E-state index in [1.165, 1.54) is 4.90 Å². The zero-order chi connectivity index (χ0) is 15.4. The van der Waals surface area contributed by atoms with Crippen molar-refractivity contribution in [3.63, 3.8) is 0 Å². The highest BCUT2D eigenvalue weighted by Crippen LogP contribution is 2.26. The molecule has 1 aliphatic heterocycles. The van der Waals surface area contributed by atoms with Gasteiger partial charge in [0.15, 0.2) is 6.61 Å². The fourth-order valence-corrected chi connectivity index (χ4v) is 3.04. The molecule has 1 unspecified atom stereocenters. The number of likely N-dealkylation sites (tertiary alicyclic amines) is 1. The van der Waals surface area contributed by atoms with Gasteiger partial charge >= 0.3 is 5.97 Å². The Balaban J connectivity index is 1.98. The Hall–Kier alpha value is -1.56. The van der Waals surface area contributed by atoms with Crippen LogP contribution in [0.2, 0.25) is 0 Å². The van der Waals surface area contributed by atoms with Gasteiger partial charge in [-0.05, 0) is 59.8 Å². The maximum absolute atomic E-state index is 12.2. The van der Waals surface area contributed by atoms with Crippen LogP contribution in [0.15, 0.2) is 22.7 Å². The molecule has 1 amide bonds. The van der Waals surface area contributed by atoms with Crippen molar-refractivity contribution in [2.75, 3.05) is 13.2 Å². The minimum absolute atomic E-state index is 0.147. The first-order chi connectivity index (χ1) is 9.99. The molecule has 2 rings (SSSR count). The lowest BCUT2D eigenvalue weighted by Crippen LogP contribution is -2.49. The van der Waals surface area contributed by atoms with E-state index in [2.05, 4.69) is 15.9 Å². The van der Waals surface area contributed by atoms with Crippen molar-refractivity contribution in [2.45, 2.75) is 32.2 Å². The number of amides is 1. The third kappa shape index (κ3) is 3.97. The van der Waals surface area contributed by atoms with Crippen molar-refractivity contribution in [1.29, 1.82) is 0 Å². The summed E-state index contributed by atoms with van der Waals surface area (Å²) in [6.45, 7) is 2.30. The van der Waals surface area contributed by atoms with E-state index < -0.39 is 12.0 Å². The van der Waals surface area contributed by atoms with E-state index in [4.69, 9.17) is 4.74 Å². The number of halogens is 1. The highest BCUT2D eigenvalue weighted by Gasteiger charge is 2.31. The van der Waals surface area contributed by atoms with Crippen LogP contribution in [0.3, 0.4) is 0 Å². The number of hydrogen-bond donors (Lipinski definition) is 1. The van der Waals surface area contributed by atoms with Gasteiger partial charge in [0, 0.05) is 6.54 Å². The summed E-state index contributed by atoms with van der Waals surface area (Å²) in [6.07, 6.45) is 2.18. The maximum atomic E-state index is 12.2. The number of carboxylic acid groups (broad SMARTS) is 1. The van der Waals surface area contributed by atoms with E-state index in [1.54, 1.807) is 6.07 Å². The quantitative estimate of drug-likeness (QED) is 0.901. The van der Waals surface area contributed by atoms with Gasteiger partial charge in [-0.3, -0.25) is 4.79 Å². The SMILES string of the molecule is Cc1ccc(OCC(=O)N2CCCCC2C(=O)O)c(Br)c1. The van der Waals surface area contributed by atoms with E-state index in [0.717, 1.165) is 22.9 Å². The molecule has 5 nitrogen and oxygen atoms in total. The maximum Gasteiger partial charge on any atom is 0.326 e. The Morgan fingerprint density at radius 1 is 1.43 bits per heavy atom. The molecular weight excluding hydrogens is 338 g/mol. The molecule has 0 spiro atoms. The largest absolute Gasteiger partial charge is 0.483 e. The highest BCUT2D eigenvalue weighted by atomic mass is 79.9. The third-order valence-corrected chi connectivity index (χ3v) is 4.17. The monoisotopic (exact) mass is 355 g/mol. The Morgan fingerprint density at radius 3 is 2.86 bits per heavy atom. The lowest BCUT2D eigenvalue weighted by atomic mass is 10.0. The van der Waals surface area contributed by atoms with Gasteiger partial charge in [-0.15, -0.1) is 0 Å². The fraction of sp³-hybridized carbons (Fsp3) is 0.467. The molecule has 1 aliphatic rings. The van der Waals surface area contributed by atoms with Gasteiger partial charge in [0.05, 0.1) is 4.47 Å². The Labute approximate surface area is 132 Å². The van der Waals surface area contributed by atoms with E-state index >= 15 is 0 Å². The van der Waals surface area contributed by atoms with Crippen LogP contribution in [0.5, 0.6) is 5.75 Å². The molecule has 21 heavy (non-hydrogen) atoms. The number of carbonyl (C=O) groups excluding carboxylic acids is 1. The molecule has 1 heterocycles. The minimum atomic E-state index is -0.945. The van der Waals surface area contributed by atoms with Crippen LogP contribution >= 0.6 is 15.9 Å². The summed E-state index contributed by atoms with van der Waals surface area (Å²) in [5.74, 6) is -0.646. The van der Waals surface area contributed by atoms with Gasteiger partial charge in [0.1, 0.15) is 11.8 Å². The summed E-state index contributed by atoms with van der Waals surface area (Å²) in [5.41, 5.74) is 1.09. The van der Waals surface area contributed by atoms with E-state index in [-0.39, 0.29) is 12.5 Å². The molecule has 1 fully saturated rings. The van der Waals surface area contributed by atoms with Crippen LogP contribution in [-0.2, 0) is 9.59 Å². The molecule has 1 atom stereocenters. The Kier molecular flexibility index (Phi) is 5.22. The summed E-state index contributed by atoms with van der Waals surface area (Å²) in [6, 6.07) is 4.86. The van der Waals surface area contributed by atoms with Gasteiger partial charge in [0.2, 0.25) is 0 Å². The molecule has 1 aromatic carbocycles. The van der Waals surface area contributed by atoms with Gasteiger partial charge in [-0.25, -0.2) is 4.79 Å². The summed E-state index contributed by atoms with van der Waals surface area (Å²) >= 11 is 3.38. The Bertz CT molecular complexity index is 546. The third-order valence-electron chi connectivity index (χ3n) is 3.55. The van der Waals surface area contributed by atoms with Gasteiger partial charge in [0.25, 0.3) is 5.91 Å². The fourth-order valence-electron chi connectivity index (χ4n) is 2.43. The van der Waals surface area contributed by atoms with Crippen LogP contribution in [0, 0.1) is 6.92 Å². The van der Waals surface area contributed by atoms with Crippen LogP contribution in [0.1, 0.15) is 24.8 Å². The zero-order valence-electron chi connectivity index (χ0n) is 11.8. The number of benzene rings is 1. The second kappa shape index (κ2) is 6.93. The van der Waals surface area contributed by atoms with Crippen molar-refractivity contribution < 1.29 is 19.4 Å². The predicted octanol–water partition coefficient (Wildman–Crippen LogP) is 2.60. The lowest BCUT2D eigenvalue weighted by molar-refractivity contribution is -0.152. The average Bonchev–Trinajstić information content (AvgIpc) is 2.46. The number of nitrogens with zero attached hydrogens (tertiary/aromatic N) is 1. The molecule has 0 saturated carbocycles. The zero-order valence-corrected chi connectivity index (χ0v) is 13.4. The van der Waals surface area contributed by atoms with Crippen molar-refractivity contribution in [2.24, 2.45) is 0 Å². The van der Waals surface area contributed by atoms with E-state index in [9.17, 15) is 14.7 Å². The summed E-state index contributed by atoms with van der Waals surface area (Å²) in [7, 11) is 0. The second-order valence-corrected chi connectivity index (χ2v) is 6.01. The number of carbonyl (C=O) groups is 2. The predicted molar refractivity (Wildman–Crippen MR) is 81.4 cm³/mol. The molecular formula is C15H18BrNO4. The van der Waals surface area contributed by atoms with E-state index in [1.807, 2.05) is 19.1 Å². The smallest absolute Gasteiger partial charge is 0.326 e. The topological polar surface area (TPSA) is 66.8 Å². The number of ether oxygens (including phenoxy) is 1. The van der Waals surface area contributed by atoms with Gasteiger partial charge in [-0.1, -0.05) is 6.07 Å². The number of hydrogen-bond acceptors (Lipinski definition) is 3. The molecule has 1 saturated heterocycles. The molecule has 1 N–H and O–H groups in total. The van der Waals surface area contributed by atoms with Crippen molar-refractivity contribution >= 4 is 27.8 Å². The molecule has 0 aliphatic carbocycles. The second-order valence-electron chi connectivity index (χ2n) is 5.16. The van der Waals surface area contributed by atoms with Gasteiger partial charge in [-0.2, -0.15) is 0 Å². The highest BCUT2D eigenvalue weighted by molar-refractivity contribution is 9.10. The molecule has 0 aromatic heterocycles. The molecule has 114 valence electrons.